The first-order chi connectivity index (χ1) is 41.4. The van der Waals surface area contributed by atoms with Crippen molar-refractivity contribution in [2.45, 2.75) is 476 Å². The second kappa shape index (κ2) is 66.5. The van der Waals surface area contributed by atoms with Gasteiger partial charge in [-0.05, 0) is 56.8 Å². The molecule has 0 radical (unpaired) electrons. The van der Waals surface area contributed by atoms with Gasteiger partial charge in [0.2, 0.25) is 0 Å². The standard InChI is InChI=1S/C80H156O4/c1-5-7-9-11-13-15-17-19-21-22-23-24-27-30-34-41-47-53-59-65-71-76(80(82)83)77(81)72-66-60-54-48-42-35-31-28-25-26-29-32-38-44-50-56-62-68-74(3)69-63-57-51-45-39-36-37-43-49-55-61-67-73-78-79(84-78)75(4)70-64-58-52-46-40-33-20-18-16-14-12-10-8-6-2/h63,69,74-79,81H,5-62,64-68,70-73H2,1-4H3,(H,82,83)/b69-63+/t74-,75-,76-,77-,78-,79-/m1/s1. The zero-order valence-corrected chi connectivity index (χ0v) is 58.2. The molecule has 0 aromatic heterocycles. The maximum absolute atomic E-state index is 11.9. The summed E-state index contributed by atoms with van der Waals surface area (Å²) in [5.74, 6) is 0.125. The molecule has 0 amide bonds. The van der Waals surface area contributed by atoms with Crippen molar-refractivity contribution < 1.29 is 19.7 Å². The maximum Gasteiger partial charge on any atom is 0.309 e. The van der Waals surface area contributed by atoms with Crippen molar-refractivity contribution in [2.75, 3.05) is 0 Å². The van der Waals surface area contributed by atoms with Gasteiger partial charge < -0.3 is 14.9 Å². The van der Waals surface area contributed by atoms with Gasteiger partial charge in [0.25, 0.3) is 0 Å². The highest BCUT2D eigenvalue weighted by Crippen LogP contribution is 2.36. The fourth-order valence-corrected chi connectivity index (χ4v) is 13.9. The van der Waals surface area contributed by atoms with E-state index in [2.05, 4.69) is 39.8 Å². The first-order valence-electron chi connectivity index (χ1n) is 39.6. The van der Waals surface area contributed by atoms with Crippen LogP contribution in [-0.4, -0.2) is 34.5 Å². The molecule has 4 nitrogen and oxygen atoms in total. The minimum absolute atomic E-state index is 0.581. The molecule has 4 heteroatoms. The predicted octanol–water partition coefficient (Wildman–Crippen LogP) is 27.8. The van der Waals surface area contributed by atoms with Crippen LogP contribution in [0.3, 0.4) is 0 Å². The molecule has 1 heterocycles. The van der Waals surface area contributed by atoms with Crippen LogP contribution in [0.4, 0.5) is 0 Å². The number of hydrogen-bond acceptors (Lipinski definition) is 3. The van der Waals surface area contributed by atoms with Crippen molar-refractivity contribution in [1.82, 2.24) is 0 Å². The molecule has 0 aromatic rings. The summed E-state index contributed by atoms with van der Waals surface area (Å²) >= 11 is 0. The molecule has 1 aliphatic rings. The van der Waals surface area contributed by atoms with Crippen LogP contribution in [0.2, 0.25) is 0 Å². The summed E-state index contributed by atoms with van der Waals surface area (Å²) in [6.07, 6.45) is 96.4. The van der Waals surface area contributed by atoms with Crippen molar-refractivity contribution in [3.05, 3.63) is 12.2 Å². The summed E-state index contributed by atoms with van der Waals surface area (Å²) in [6.45, 7) is 9.48. The summed E-state index contributed by atoms with van der Waals surface area (Å²) in [5.41, 5.74) is 0. The lowest BCUT2D eigenvalue weighted by Crippen LogP contribution is -2.28. The summed E-state index contributed by atoms with van der Waals surface area (Å²) in [4.78, 5) is 11.9. The van der Waals surface area contributed by atoms with Gasteiger partial charge in [-0.3, -0.25) is 4.79 Å². The summed E-state index contributed by atoms with van der Waals surface area (Å²) in [6, 6.07) is 0. The van der Waals surface area contributed by atoms with E-state index < -0.39 is 18.0 Å². The van der Waals surface area contributed by atoms with Crippen LogP contribution in [0.15, 0.2) is 12.2 Å². The van der Waals surface area contributed by atoms with Crippen LogP contribution in [0, 0.1) is 17.8 Å². The molecule has 1 rings (SSSR count). The number of hydrogen-bond donors (Lipinski definition) is 2. The Morgan fingerprint density at radius 1 is 0.345 bits per heavy atom. The fraction of sp³-hybridized carbons (Fsp3) is 0.963. The van der Waals surface area contributed by atoms with E-state index >= 15 is 0 Å². The highest BCUT2D eigenvalue weighted by atomic mass is 16.6. The Morgan fingerprint density at radius 3 is 0.929 bits per heavy atom. The largest absolute Gasteiger partial charge is 0.481 e. The minimum atomic E-state index is -0.801. The number of carboxylic acids is 1. The Hall–Kier alpha value is -0.870. The zero-order chi connectivity index (χ0) is 60.5. The number of unbranched alkanes of at least 4 members (excludes halogenated alkanes) is 58. The lowest BCUT2D eigenvalue weighted by atomic mass is 9.91. The monoisotopic (exact) mass is 1180 g/mol. The molecule has 2 N–H and O–H groups in total. The third-order valence-corrected chi connectivity index (χ3v) is 20.1. The number of ether oxygens (including phenoxy) is 1. The second-order valence-electron chi connectivity index (χ2n) is 28.6. The molecule has 1 fully saturated rings. The molecule has 1 saturated heterocycles. The van der Waals surface area contributed by atoms with E-state index in [-0.39, 0.29) is 0 Å². The van der Waals surface area contributed by atoms with Crippen LogP contribution < -0.4 is 0 Å². The van der Waals surface area contributed by atoms with E-state index in [0.29, 0.717) is 25.0 Å². The highest BCUT2D eigenvalue weighted by Gasteiger charge is 2.41. The Balaban J connectivity index is 1.76. The Bertz CT molecular complexity index is 1300. The van der Waals surface area contributed by atoms with Gasteiger partial charge in [-0.25, -0.2) is 0 Å². The molecular weight excluding hydrogens is 1020 g/mol. The van der Waals surface area contributed by atoms with Gasteiger partial charge in [-0.2, -0.15) is 0 Å². The molecule has 0 unspecified atom stereocenters. The minimum Gasteiger partial charge on any atom is -0.481 e. The number of carbonyl (C=O) groups is 1. The van der Waals surface area contributed by atoms with Gasteiger partial charge in [0, 0.05) is 0 Å². The first kappa shape index (κ1) is 81.1. The molecule has 0 saturated carbocycles. The molecule has 0 aliphatic carbocycles. The average Bonchev–Trinajstić information content (AvgIpc) is 4.49. The third kappa shape index (κ3) is 58.8. The van der Waals surface area contributed by atoms with Crippen LogP contribution in [-0.2, 0) is 9.53 Å². The molecular formula is C80H156O4. The van der Waals surface area contributed by atoms with Gasteiger partial charge in [0.15, 0.2) is 0 Å². The molecule has 500 valence electrons. The number of carboxylic acid groups (broad SMARTS) is 1. The van der Waals surface area contributed by atoms with Gasteiger partial charge in [0.1, 0.15) is 0 Å². The van der Waals surface area contributed by atoms with E-state index in [1.54, 1.807) is 0 Å². The quantitative estimate of drug-likeness (QED) is 0.0362. The van der Waals surface area contributed by atoms with Crippen LogP contribution in [0.25, 0.3) is 0 Å². The number of rotatable bonds is 73. The van der Waals surface area contributed by atoms with Crippen molar-refractivity contribution in [1.29, 1.82) is 0 Å². The molecule has 1 aliphatic heterocycles. The molecule has 6 atom stereocenters. The summed E-state index contributed by atoms with van der Waals surface area (Å²) < 4.78 is 6.14. The number of aliphatic hydroxyl groups is 1. The lowest BCUT2D eigenvalue weighted by Gasteiger charge is -2.19. The van der Waals surface area contributed by atoms with E-state index in [9.17, 15) is 15.0 Å². The van der Waals surface area contributed by atoms with Gasteiger partial charge in [-0.15, -0.1) is 0 Å². The first-order valence-corrected chi connectivity index (χ1v) is 39.6. The SMILES string of the molecule is CCCCCCCCCCCCCCCCCCCCCC[C@@H](C(=O)O)[C@H](O)CCCCCCCCCCCCCCCCCCC[C@@H](C)/C=C/CCCCCCCCCCCC[C@H]1O[C@@H]1[C@H](C)CCCCCCCCCCCCCCCC. The van der Waals surface area contributed by atoms with E-state index in [1.165, 1.54) is 392 Å². The smallest absolute Gasteiger partial charge is 0.309 e. The Labute approximate surface area is 529 Å². The second-order valence-corrected chi connectivity index (χ2v) is 28.6. The van der Waals surface area contributed by atoms with Crippen molar-refractivity contribution in [3.8, 4) is 0 Å². The van der Waals surface area contributed by atoms with Crippen LogP contribution in [0.1, 0.15) is 458 Å². The summed E-state index contributed by atoms with van der Waals surface area (Å²) in [7, 11) is 0. The Kier molecular flexibility index (Phi) is 64.3. The van der Waals surface area contributed by atoms with Crippen LogP contribution >= 0.6 is 0 Å². The van der Waals surface area contributed by atoms with E-state index in [0.717, 1.165) is 37.5 Å². The third-order valence-electron chi connectivity index (χ3n) is 20.1. The Morgan fingerprint density at radius 2 is 0.607 bits per heavy atom. The molecule has 84 heavy (non-hydrogen) atoms. The van der Waals surface area contributed by atoms with Gasteiger partial charge >= 0.3 is 5.97 Å². The lowest BCUT2D eigenvalue weighted by molar-refractivity contribution is -0.146. The number of aliphatic hydroxyl groups excluding tert-OH is 1. The van der Waals surface area contributed by atoms with E-state index in [4.69, 9.17) is 4.74 Å². The van der Waals surface area contributed by atoms with Crippen molar-refractivity contribution in [3.63, 3.8) is 0 Å². The molecule has 0 bridgehead atoms. The predicted molar refractivity (Wildman–Crippen MR) is 374 cm³/mol. The molecule has 0 aromatic carbocycles. The topological polar surface area (TPSA) is 70.1 Å². The van der Waals surface area contributed by atoms with Crippen molar-refractivity contribution >= 4 is 5.97 Å². The maximum atomic E-state index is 11.9. The van der Waals surface area contributed by atoms with Gasteiger partial charge in [-0.1, -0.05) is 425 Å². The average molecular weight is 1180 g/mol. The molecule has 0 spiro atoms. The number of aliphatic carboxylic acids is 1. The van der Waals surface area contributed by atoms with E-state index in [1.807, 2.05) is 0 Å². The normalized spacial score (nSPS) is 15.8. The fourth-order valence-electron chi connectivity index (χ4n) is 13.9. The van der Waals surface area contributed by atoms with Crippen LogP contribution in [0.5, 0.6) is 0 Å². The highest BCUT2D eigenvalue weighted by molar-refractivity contribution is 5.70. The van der Waals surface area contributed by atoms with Crippen molar-refractivity contribution in [2.24, 2.45) is 17.8 Å². The number of allylic oxidation sites excluding steroid dienone is 2. The number of epoxide rings is 1. The summed E-state index contributed by atoms with van der Waals surface area (Å²) in [5, 5.41) is 20.5. The van der Waals surface area contributed by atoms with Gasteiger partial charge in [0.05, 0.1) is 24.2 Å². The zero-order valence-electron chi connectivity index (χ0n) is 58.2.